The second-order valence-electron chi connectivity index (χ2n) is 3.66. The Morgan fingerprint density at radius 2 is 2.00 bits per heavy atom. The normalized spacial score (nSPS) is 12.9. The van der Waals surface area contributed by atoms with Gasteiger partial charge in [-0.3, -0.25) is 0 Å². The van der Waals surface area contributed by atoms with E-state index in [1.807, 2.05) is 6.07 Å². The Morgan fingerprint density at radius 3 is 2.54 bits per heavy atom. The van der Waals surface area contributed by atoms with Crippen LogP contribution in [0.25, 0.3) is 0 Å². The van der Waals surface area contributed by atoms with Crippen LogP contribution in [0.3, 0.4) is 0 Å². The van der Waals surface area contributed by atoms with Crippen molar-refractivity contribution in [2.75, 3.05) is 0 Å². The molecule has 0 spiro atoms. The molecule has 1 N–H and O–H groups in total. The molecule has 0 aliphatic carbocycles. The predicted molar refractivity (Wildman–Crippen MR) is 55.8 cm³/mol. The quantitative estimate of drug-likeness (QED) is 0.754. The van der Waals surface area contributed by atoms with E-state index in [2.05, 4.69) is 32.9 Å². The molecule has 1 aromatic carbocycles. The van der Waals surface area contributed by atoms with Crippen molar-refractivity contribution in [3.05, 3.63) is 34.9 Å². The molecular weight excluding hydrogens is 160 g/mol. The molecule has 0 saturated heterocycles. The van der Waals surface area contributed by atoms with Crippen LogP contribution in [-0.2, 0) is 0 Å². The van der Waals surface area contributed by atoms with Crippen molar-refractivity contribution in [1.82, 2.24) is 0 Å². The van der Waals surface area contributed by atoms with Crippen molar-refractivity contribution in [2.45, 2.75) is 39.7 Å². The average Bonchev–Trinajstić information content (AvgIpc) is 2.04. The number of benzene rings is 1. The Kier molecular flexibility index (Phi) is 3.49. The topological polar surface area (TPSA) is 20.2 Å². The average molecular weight is 178 g/mol. The molecule has 1 nitrogen and oxygen atoms in total. The van der Waals surface area contributed by atoms with Gasteiger partial charge in [-0.25, -0.2) is 0 Å². The van der Waals surface area contributed by atoms with Crippen LogP contribution in [0, 0.1) is 13.8 Å². The van der Waals surface area contributed by atoms with Crippen LogP contribution in [0.4, 0.5) is 0 Å². The lowest BCUT2D eigenvalue weighted by Crippen LogP contribution is -1.99. The number of hydrogen-bond donors (Lipinski definition) is 1. The largest absolute Gasteiger partial charge is 0.388 e. The highest BCUT2D eigenvalue weighted by Crippen LogP contribution is 2.22. The molecule has 0 radical (unpaired) electrons. The Bertz CT molecular complexity index is 278. The number of hydrogen-bond acceptors (Lipinski definition) is 1. The predicted octanol–water partition coefficient (Wildman–Crippen LogP) is 3.14. The van der Waals surface area contributed by atoms with Gasteiger partial charge in [0, 0.05) is 0 Å². The number of aliphatic hydroxyl groups is 1. The monoisotopic (exact) mass is 178 g/mol. The lowest BCUT2D eigenvalue weighted by molar-refractivity contribution is 0.166. The second-order valence-corrected chi connectivity index (χ2v) is 3.66. The van der Waals surface area contributed by atoms with E-state index < -0.39 is 0 Å². The standard InChI is InChI=1S/C12H18O/c1-4-5-12(13)11-7-6-9(2)8-10(11)3/h6-8,12-13H,4-5H2,1-3H3/t12-/m1/s1. The molecule has 0 aliphatic heterocycles. The molecule has 0 amide bonds. The summed E-state index contributed by atoms with van der Waals surface area (Å²) in [6.45, 7) is 6.22. The van der Waals surface area contributed by atoms with Crippen molar-refractivity contribution in [2.24, 2.45) is 0 Å². The van der Waals surface area contributed by atoms with Gasteiger partial charge >= 0.3 is 0 Å². The van der Waals surface area contributed by atoms with Crippen molar-refractivity contribution < 1.29 is 5.11 Å². The van der Waals surface area contributed by atoms with Crippen LogP contribution in [0.1, 0.15) is 42.6 Å². The van der Waals surface area contributed by atoms with Crippen molar-refractivity contribution >= 4 is 0 Å². The van der Waals surface area contributed by atoms with E-state index in [4.69, 9.17) is 0 Å². The molecule has 0 fully saturated rings. The highest BCUT2D eigenvalue weighted by Gasteiger charge is 2.08. The van der Waals surface area contributed by atoms with Crippen LogP contribution < -0.4 is 0 Å². The van der Waals surface area contributed by atoms with E-state index in [1.54, 1.807) is 0 Å². The minimum absolute atomic E-state index is 0.286. The third kappa shape index (κ3) is 2.56. The molecule has 13 heavy (non-hydrogen) atoms. The summed E-state index contributed by atoms with van der Waals surface area (Å²) < 4.78 is 0. The molecule has 0 aliphatic rings. The fraction of sp³-hybridized carbons (Fsp3) is 0.500. The minimum atomic E-state index is -0.286. The summed E-state index contributed by atoms with van der Waals surface area (Å²) in [5.74, 6) is 0. The molecule has 1 aromatic rings. The summed E-state index contributed by atoms with van der Waals surface area (Å²) in [4.78, 5) is 0. The molecule has 1 rings (SSSR count). The summed E-state index contributed by atoms with van der Waals surface area (Å²) in [5, 5.41) is 9.79. The van der Waals surface area contributed by atoms with E-state index in [9.17, 15) is 5.11 Å². The number of aliphatic hydroxyl groups excluding tert-OH is 1. The van der Waals surface area contributed by atoms with E-state index in [0.717, 1.165) is 18.4 Å². The molecule has 0 bridgehead atoms. The zero-order chi connectivity index (χ0) is 9.84. The van der Waals surface area contributed by atoms with Gasteiger partial charge in [-0.05, 0) is 31.4 Å². The first-order chi connectivity index (χ1) is 6.15. The first kappa shape index (κ1) is 10.3. The molecule has 1 atom stereocenters. The van der Waals surface area contributed by atoms with Crippen LogP contribution in [0.15, 0.2) is 18.2 Å². The first-order valence-electron chi connectivity index (χ1n) is 4.90. The van der Waals surface area contributed by atoms with Crippen LogP contribution in [0.5, 0.6) is 0 Å². The third-order valence-corrected chi connectivity index (χ3v) is 2.35. The van der Waals surface area contributed by atoms with Crippen molar-refractivity contribution in [3.8, 4) is 0 Å². The summed E-state index contributed by atoms with van der Waals surface area (Å²) >= 11 is 0. The number of aryl methyl sites for hydroxylation is 2. The van der Waals surface area contributed by atoms with E-state index in [-0.39, 0.29) is 6.10 Å². The van der Waals surface area contributed by atoms with Crippen molar-refractivity contribution in [3.63, 3.8) is 0 Å². The molecule has 0 unspecified atom stereocenters. The van der Waals surface area contributed by atoms with Gasteiger partial charge in [0.1, 0.15) is 0 Å². The Hall–Kier alpha value is -0.820. The highest BCUT2D eigenvalue weighted by molar-refractivity contribution is 5.31. The summed E-state index contributed by atoms with van der Waals surface area (Å²) in [7, 11) is 0. The molecule has 1 heteroatoms. The van der Waals surface area contributed by atoms with Gasteiger partial charge in [0.2, 0.25) is 0 Å². The fourth-order valence-electron chi connectivity index (χ4n) is 1.63. The first-order valence-corrected chi connectivity index (χ1v) is 4.90. The van der Waals surface area contributed by atoms with Gasteiger partial charge in [-0.15, -0.1) is 0 Å². The Balaban J connectivity index is 2.88. The molecule has 72 valence electrons. The maximum Gasteiger partial charge on any atom is 0.0792 e. The third-order valence-electron chi connectivity index (χ3n) is 2.35. The SMILES string of the molecule is CCC[C@@H](O)c1ccc(C)cc1C. The van der Waals surface area contributed by atoms with E-state index in [1.165, 1.54) is 11.1 Å². The smallest absolute Gasteiger partial charge is 0.0792 e. The molecule has 0 aromatic heterocycles. The second kappa shape index (κ2) is 4.43. The van der Waals surface area contributed by atoms with Gasteiger partial charge in [0.25, 0.3) is 0 Å². The van der Waals surface area contributed by atoms with E-state index in [0.29, 0.717) is 0 Å². The van der Waals surface area contributed by atoms with Gasteiger partial charge in [-0.1, -0.05) is 37.1 Å². The maximum absolute atomic E-state index is 9.79. The highest BCUT2D eigenvalue weighted by atomic mass is 16.3. The number of rotatable bonds is 3. The summed E-state index contributed by atoms with van der Waals surface area (Å²) in [6, 6.07) is 6.21. The zero-order valence-electron chi connectivity index (χ0n) is 8.67. The van der Waals surface area contributed by atoms with Gasteiger partial charge in [-0.2, -0.15) is 0 Å². The molecule has 0 saturated carbocycles. The lowest BCUT2D eigenvalue weighted by atomic mass is 9.98. The maximum atomic E-state index is 9.79. The lowest BCUT2D eigenvalue weighted by Gasteiger charge is -2.12. The molecular formula is C12H18O. The fourth-order valence-corrected chi connectivity index (χ4v) is 1.63. The van der Waals surface area contributed by atoms with Gasteiger partial charge in [0.05, 0.1) is 6.10 Å². The summed E-state index contributed by atoms with van der Waals surface area (Å²) in [5.41, 5.74) is 3.53. The van der Waals surface area contributed by atoms with Gasteiger partial charge in [0.15, 0.2) is 0 Å². The van der Waals surface area contributed by atoms with Crippen LogP contribution in [-0.4, -0.2) is 5.11 Å². The zero-order valence-corrected chi connectivity index (χ0v) is 8.67. The Labute approximate surface area is 80.4 Å². The molecule has 0 heterocycles. The van der Waals surface area contributed by atoms with Gasteiger partial charge < -0.3 is 5.11 Å². The van der Waals surface area contributed by atoms with Crippen molar-refractivity contribution in [1.29, 1.82) is 0 Å². The van der Waals surface area contributed by atoms with Crippen LogP contribution in [0.2, 0.25) is 0 Å². The summed E-state index contributed by atoms with van der Waals surface area (Å²) in [6.07, 6.45) is 1.59. The van der Waals surface area contributed by atoms with Crippen LogP contribution >= 0.6 is 0 Å². The van der Waals surface area contributed by atoms with E-state index >= 15 is 0 Å². The Morgan fingerprint density at radius 1 is 1.31 bits per heavy atom. The minimum Gasteiger partial charge on any atom is -0.388 e.